The fourth-order valence-corrected chi connectivity index (χ4v) is 4.52. The Balaban J connectivity index is 1.97. The van der Waals surface area contributed by atoms with Gasteiger partial charge in [-0.1, -0.05) is 68.8 Å². The highest BCUT2D eigenvalue weighted by molar-refractivity contribution is 8.13. The summed E-state index contributed by atoms with van der Waals surface area (Å²) in [7, 11) is 0. The minimum atomic E-state index is 0.102. The molecule has 0 unspecified atom stereocenters. The Hall–Kier alpha value is -0.800. The Bertz CT molecular complexity index is 438. The molecular formula is C19H29NOS. The lowest BCUT2D eigenvalue weighted by molar-refractivity contribution is -0.113. The molecule has 1 saturated carbocycles. The van der Waals surface area contributed by atoms with Crippen molar-refractivity contribution < 1.29 is 4.79 Å². The summed E-state index contributed by atoms with van der Waals surface area (Å²) in [5, 5.41) is 0.380. The predicted octanol–water partition coefficient (Wildman–Crippen LogP) is 4.56. The first-order valence-corrected chi connectivity index (χ1v) is 9.68. The third-order valence-electron chi connectivity index (χ3n) is 4.83. The van der Waals surface area contributed by atoms with E-state index in [0.717, 1.165) is 25.4 Å². The molecule has 1 aliphatic carbocycles. The summed E-state index contributed by atoms with van der Waals surface area (Å²) in [5.41, 5.74) is 1.22. The molecule has 122 valence electrons. The Kier molecular flexibility index (Phi) is 7.47. The first-order valence-electron chi connectivity index (χ1n) is 8.70. The quantitative estimate of drug-likeness (QED) is 0.700. The van der Waals surface area contributed by atoms with Crippen LogP contribution in [0.5, 0.6) is 0 Å². The fourth-order valence-electron chi connectivity index (χ4n) is 3.46. The summed E-state index contributed by atoms with van der Waals surface area (Å²) < 4.78 is 0. The van der Waals surface area contributed by atoms with Gasteiger partial charge in [0.1, 0.15) is 0 Å². The molecule has 1 aromatic rings. The van der Waals surface area contributed by atoms with Gasteiger partial charge in [0.2, 0.25) is 0 Å². The predicted molar refractivity (Wildman–Crippen MR) is 96.4 cm³/mol. The Morgan fingerprint density at radius 3 is 2.41 bits per heavy atom. The van der Waals surface area contributed by atoms with Gasteiger partial charge in [0.05, 0.1) is 5.92 Å². The van der Waals surface area contributed by atoms with Crippen LogP contribution in [-0.4, -0.2) is 35.4 Å². The van der Waals surface area contributed by atoms with Crippen LogP contribution in [0, 0.1) is 5.92 Å². The molecule has 0 amide bonds. The molecular weight excluding hydrogens is 290 g/mol. The van der Waals surface area contributed by atoms with E-state index in [1.165, 1.54) is 31.2 Å². The third-order valence-corrected chi connectivity index (χ3v) is 5.76. The zero-order chi connectivity index (χ0) is 15.8. The summed E-state index contributed by atoms with van der Waals surface area (Å²) in [6.45, 7) is 7.50. The van der Waals surface area contributed by atoms with E-state index in [2.05, 4.69) is 43.0 Å². The first kappa shape index (κ1) is 17.6. The number of rotatable bonds is 8. The number of hydrogen-bond donors (Lipinski definition) is 0. The zero-order valence-electron chi connectivity index (χ0n) is 14.0. The zero-order valence-corrected chi connectivity index (χ0v) is 14.8. The molecule has 0 aliphatic heterocycles. The second kappa shape index (κ2) is 9.36. The number of benzene rings is 1. The highest BCUT2D eigenvalue weighted by atomic mass is 32.2. The number of thioether (sulfide) groups is 1. The SMILES string of the molecule is CCN(CC)CCSC(=O)[C@@H](c1ccccc1)C1CCCC1. The summed E-state index contributed by atoms with van der Waals surface area (Å²) >= 11 is 1.54. The number of carbonyl (C=O) groups is 1. The highest BCUT2D eigenvalue weighted by Gasteiger charge is 2.31. The molecule has 2 nitrogen and oxygen atoms in total. The van der Waals surface area contributed by atoms with Gasteiger partial charge in [-0.3, -0.25) is 4.79 Å². The van der Waals surface area contributed by atoms with Gasteiger partial charge in [-0.15, -0.1) is 0 Å². The fraction of sp³-hybridized carbons (Fsp3) is 0.632. The van der Waals surface area contributed by atoms with E-state index in [1.807, 2.05) is 6.07 Å². The topological polar surface area (TPSA) is 20.3 Å². The van der Waals surface area contributed by atoms with Gasteiger partial charge in [0, 0.05) is 12.3 Å². The van der Waals surface area contributed by atoms with Crippen molar-refractivity contribution in [2.75, 3.05) is 25.4 Å². The summed E-state index contributed by atoms with van der Waals surface area (Å²) in [6, 6.07) is 10.4. The van der Waals surface area contributed by atoms with E-state index in [-0.39, 0.29) is 5.92 Å². The van der Waals surface area contributed by atoms with Crippen molar-refractivity contribution in [1.82, 2.24) is 4.90 Å². The first-order chi connectivity index (χ1) is 10.8. The van der Waals surface area contributed by atoms with Crippen LogP contribution in [0.25, 0.3) is 0 Å². The van der Waals surface area contributed by atoms with Crippen LogP contribution in [-0.2, 0) is 4.79 Å². The van der Waals surface area contributed by atoms with Crippen LogP contribution in [0.3, 0.4) is 0 Å². The summed E-state index contributed by atoms with van der Waals surface area (Å²) in [4.78, 5) is 15.2. The van der Waals surface area contributed by atoms with Crippen molar-refractivity contribution >= 4 is 16.9 Å². The maximum Gasteiger partial charge on any atom is 0.196 e. The van der Waals surface area contributed by atoms with Gasteiger partial charge < -0.3 is 4.90 Å². The van der Waals surface area contributed by atoms with Gasteiger partial charge in [0.25, 0.3) is 0 Å². The van der Waals surface area contributed by atoms with E-state index in [4.69, 9.17) is 0 Å². The monoisotopic (exact) mass is 319 g/mol. The van der Waals surface area contributed by atoms with E-state index < -0.39 is 0 Å². The van der Waals surface area contributed by atoms with Gasteiger partial charge >= 0.3 is 0 Å². The molecule has 2 rings (SSSR count). The largest absolute Gasteiger partial charge is 0.303 e. The van der Waals surface area contributed by atoms with Crippen LogP contribution in [0.2, 0.25) is 0 Å². The van der Waals surface area contributed by atoms with Gasteiger partial charge in [-0.2, -0.15) is 0 Å². The lowest BCUT2D eigenvalue weighted by Gasteiger charge is -2.23. The van der Waals surface area contributed by atoms with Gasteiger partial charge in [-0.05, 0) is 37.4 Å². The normalized spacial score (nSPS) is 17.0. The smallest absolute Gasteiger partial charge is 0.196 e. The van der Waals surface area contributed by atoms with Crippen molar-refractivity contribution in [1.29, 1.82) is 0 Å². The van der Waals surface area contributed by atoms with Crippen molar-refractivity contribution in [2.24, 2.45) is 5.92 Å². The van der Waals surface area contributed by atoms with Gasteiger partial charge in [0.15, 0.2) is 5.12 Å². The maximum absolute atomic E-state index is 12.8. The second-order valence-electron chi connectivity index (χ2n) is 6.13. The molecule has 1 atom stereocenters. The van der Waals surface area contributed by atoms with E-state index >= 15 is 0 Å². The lowest BCUT2D eigenvalue weighted by Crippen LogP contribution is -2.26. The van der Waals surface area contributed by atoms with Crippen molar-refractivity contribution in [3.8, 4) is 0 Å². The molecule has 0 N–H and O–H groups in total. The van der Waals surface area contributed by atoms with E-state index in [0.29, 0.717) is 11.0 Å². The van der Waals surface area contributed by atoms with E-state index in [9.17, 15) is 4.79 Å². The maximum atomic E-state index is 12.8. The molecule has 1 fully saturated rings. The van der Waals surface area contributed by atoms with Crippen molar-refractivity contribution in [3.63, 3.8) is 0 Å². The van der Waals surface area contributed by atoms with Gasteiger partial charge in [-0.25, -0.2) is 0 Å². The molecule has 0 radical (unpaired) electrons. The Labute approximate surface area is 139 Å². The molecule has 0 saturated heterocycles. The van der Waals surface area contributed by atoms with Crippen LogP contribution in [0.1, 0.15) is 51.0 Å². The number of carbonyl (C=O) groups excluding carboxylic acids is 1. The third kappa shape index (κ3) is 4.85. The molecule has 0 spiro atoms. The average Bonchev–Trinajstić information content (AvgIpc) is 3.07. The molecule has 1 aliphatic rings. The molecule has 0 heterocycles. The molecule has 0 bridgehead atoms. The average molecular weight is 320 g/mol. The molecule has 22 heavy (non-hydrogen) atoms. The summed E-state index contributed by atoms with van der Waals surface area (Å²) in [6.07, 6.45) is 4.99. The molecule has 0 aromatic heterocycles. The van der Waals surface area contributed by atoms with Crippen molar-refractivity contribution in [3.05, 3.63) is 35.9 Å². The highest BCUT2D eigenvalue weighted by Crippen LogP contribution is 2.39. The second-order valence-corrected chi connectivity index (χ2v) is 7.23. The van der Waals surface area contributed by atoms with Crippen LogP contribution >= 0.6 is 11.8 Å². The standard InChI is InChI=1S/C19H29NOS/c1-3-20(4-2)14-15-22-19(21)18(17-12-8-9-13-17)16-10-6-5-7-11-16/h5-7,10-11,17-18H,3-4,8-9,12-15H2,1-2H3/t18-/m0/s1. The lowest BCUT2D eigenvalue weighted by atomic mass is 9.86. The minimum Gasteiger partial charge on any atom is -0.303 e. The minimum absolute atomic E-state index is 0.102. The van der Waals surface area contributed by atoms with Crippen molar-refractivity contribution in [2.45, 2.75) is 45.4 Å². The molecule has 1 aromatic carbocycles. The van der Waals surface area contributed by atoms with E-state index in [1.54, 1.807) is 11.8 Å². The Morgan fingerprint density at radius 1 is 1.18 bits per heavy atom. The Morgan fingerprint density at radius 2 is 1.82 bits per heavy atom. The van der Waals surface area contributed by atoms with Crippen LogP contribution in [0.15, 0.2) is 30.3 Å². The van der Waals surface area contributed by atoms with Crippen LogP contribution < -0.4 is 0 Å². The number of nitrogens with zero attached hydrogens (tertiary/aromatic N) is 1. The molecule has 3 heteroatoms. The van der Waals surface area contributed by atoms with Crippen LogP contribution in [0.4, 0.5) is 0 Å². The number of hydrogen-bond acceptors (Lipinski definition) is 3. The summed E-state index contributed by atoms with van der Waals surface area (Å²) in [5.74, 6) is 1.57.